The molecule has 0 spiro atoms. The van der Waals surface area contributed by atoms with Gasteiger partial charge in [-0.05, 0) is 37.3 Å². The van der Waals surface area contributed by atoms with E-state index in [1.165, 1.54) is 11.8 Å². The van der Waals surface area contributed by atoms with E-state index in [-0.39, 0.29) is 11.7 Å². The molecule has 0 atom stereocenters. The van der Waals surface area contributed by atoms with E-state index in [4.69, 9.17) is 21.1 Å². The summed E-state index contributed by atoms with van der Waals surface area (Å²) in [6.07, 6.45) is 0. The number of methoxy groups -OCH3 is 2. The van der Waals surface area contributed by atoms with Gasteiger partial charge in [0.25, 0.3) is 0 Å². The number of hydrogen-bond acceptors (Lipinski definition) is 6. The summed E-state index contributed by atoms with van der Waals surface area (Å²) >= 11 is 7.40. The Bertz CT molecular complexity index is 1010. The van der Waals surface area contributed by atoms with Gasteiger partial charge < -0.3 is 19.4 Å². The van der Waals surface area contributed by atoms with Gasteiger partial charge in [-0.3, -0.25) is 4.79 Å². The third-order valence-corrected chi connectivity index (χ3v) is 5.45. The number of halogens is 1. The van der Waals surface area contributed by atoms with Crippen molar-refractivity contribution in [3.63, 3.8) is 0 Å². The SMILES string of the molecule is CCn1c(SCC(=O)Nc2ccccc2Cl)nnc1-c1ccc(OC)c(OC)c1. The van der Waals surface area contributed by atoms with E-state index >= 15 is 0 Å². The van der Waals surface area contributed by atoms with E-state index in [1.807, 2.05) is 41.8 Å². The summed E-state index contributed by atoms with van der Waals surface area (Å²) in [6.45, 7) is 2.66. The number of para-hydroxylation sites is 1. The molecule has 3 aromatic rings. The van der Waals surface area contributed by atoms with E-state index in [0.717, 1.165) is 5.56 Å². The summed E-state index contributed by atoms with van der Waals surface area (Å²) in [5.41, 5.74) is 1.44. The first kappa shape index (κ1) is 21.0. The van der Waals surface area contributed by atoms with Crippen molar-refractivity contribution in [2.75, 3.05) is 25.3 Å². The monoisotopic (exact) mass is 432 g/mol. The van der Waals surface area contributed by atoms with Crippen LogP contribution in [0.4, 0.5) is 5.69 Å². The third-order valence-electron chi connectivity index (χ3n) is 4.16. The molecule has 7 nitrogen and oxygen atoms in total. The van der Waals surface area contributed by atoms with Crippen LogP contribution in [0, 0.1) is 0 Å². The highest BCUT2D eigenvalue weighted by Crippen LogP contribution is 2.33. The first-order chi connectivity index (χ1) is 14.1. The molecular formula is C20H21ClN4O3S. The largest absolute Gasteiger partial charge is 0.493 e. The van der Waals surface area contributed by atoms with Gasteiger partial charge in [-0.1, -0.05) is 35.5 Å². The predicted molar refractivity (Wildman–Crippen MR) is 115 cm³/mol. The molecule has 1 aromatic heterocycles. The van der Waals surface area contributed by atoms with Crippen LogP contribution in [0.15, 0.2) is 47.6 Å². The second kappa shape index (κ2) is 9.67. The van der Waals surface area contributed by atoms with Gasteiger partial charge in [0.05, 0.1) is 30.7 Å². The Morgan fingerprint density at radius 3 is 2.59 bits per heavy atom. The lowest BCUT2D eigenvalue weighted by Crippen LogP contribution is -2.15. The zero-order chi connectivity index (χ0) is 20.8. The summed E-state index contributed by atoms with van der Waals surface area (Å²) in [5, 5.41) is 12.5. The molecule has 2 aromatic carbocycles. The van der Waals surface area contributed by atoms with E-state index < -0.39 is 0 Å². The van der Waals surface area contributed by atoms with Crippen molar-refractivity contribution in [3.8, 4) is 22.9 Å². The van der Waals surface area contributed by atoms with Gasteiger partial charge in [0.2, 0.25) is 5.91 Å². The average Bonchev–Trinajstić information content (AvgIpc) is 3.16. The number of carbonyl (C=O) groups excluding carboxylic acids is 1. The molecule has 0 saturated heterocycles. The third kappa shape index (κ3) is 4.83. The van der Waals surface area contributed by atoms with Crippen LogP contribution < -0.4 is 14.8 Å². The average molecular weight is 433 g/mol. The molecule has 0 aliphatic rings. The normalized spacial score (nSPS) is 10.6. The summed E-state index contributed by atoms with van der Waals surface area (Å²) in [6, 6.07) is 12.7. The molecule has 0 aliphatic carbocycles. The molecule has 1 N–H and O–H groups in total. The molecule has 0 saturated carbocycles. The number of nitrogens with one attached hydrogen (secondary N) is 1. The fraction of sp³-hybridized carbons (Fsp3) is 0.250. The highest BCUT2D eigenvalue weighted by atomic mass is 35.5. The number of thioether (sulfide) groups is 1. The molecule has 0 fully saturated rings. The van der Waals surface area contributed by atoms with Gasteiger partial charge >= 0.3 is 0 Å². The van der Waals surface area contributed by atoms with Crippen LogP contribution in [-0.2, 0) is 11.3 Å². The molecule has 29 heavy (non-hydrogen) atoms. The van der Waals surface area contributed by atoms with Crippen LogP contribution in [0.5, 0.6) is 11.5 Å². The number of anilines is 1. The highest BCUT2D eigenvalue weighted by molar-refractivity contribution is 7.99. The van der Waals surface area contributed by atoms with Gasteiger partial charge in [0.1, 0.15) is 0 Å². The lowest BCUT2D eigenvalue weighted by Gasteiger charge is -2.11. The summed E-state index contributed by atoms with van der Waals surface area (Å²) in [7, 11) is 3.18. The minimum atomic E-state index is -0.165. The van der Waals surface area contributed by atoms with E-state index in [1.54, 1.807) is 26.4 Å². The Morgan fingerprint density at radius 1 is 1.14 bits per heavy atom. The topological polar surface area (TPSA) is 78.3 Å². The predicted octanol–water partition coefficient (Wildman–Crippen LogP) is 4.37. The zero-order valence-corrected chi connectivity index (χ0v) is 17.9. The maximum Gasteiger partial charge on any atom is 0.234 e. The van der Waals surface area contributed by atoms with E-state index in [2.05, 4.69) is 15.5 Å². The van der Waals surface area contributed by atoms with Gasteiger partial charge in [0, 0.05) is 12.1 Å². The van der Waals surface area contributed by atoms with Crippen molar-refractivity contribution in [2.45, 2.75) is 18.6 Å². The summed E-state index contributed by atoms with van der Waals surface area (Å²) in [4.78, 5) is 12.3. The smallest absolute Gasteiger partial charge is 0.234 e. The Morgan fingerprint density at radius 2 is 1.90 bits per heavy atom. The number of rotatable bonds is 8. The van der Waals surface area contributed by atoms with Gasteiger partial charge in [-0.2, -0.15) is 0 Å². The molecule has 0 radical (unpaired) electrons. The minimum Gasteiger partial charge on any atom is -0.493 e. The first-order valence-electron chi connectivity index (χ1n) is 8.90. The molecule has 1 heterocycles. The van der Waals surface area contributed by atoms with Crippen LogP contribution in [0.1, 0.15) is 6.92 Å². The molecule has 9 heteroatoms. The summed E-state index contributed by atoms with van der Waals surface area (Å²) < 4.78 is 12.6. The Balaban J connectivity index is 1.74. The number of benzene rings is 2. The molecule has 3 rings (SSSR count). The first-order valence-corrected chi connectivity index (χ1v) is 10.3. The van der Waals surface area contributed by atoms with Gasteiger partial charge in [0.15, 0.2) is 22.5 Å². The number of amides is 1. The van der Waals surface area contributed by atoms with Crippen LogP contribution in [-0.4, -0.2) is 40.6 Å². The van der Waals surface area contributed by atoms with Gasteiger partial charge in [-0.15, -0.1) is 10.2 Å². The summed E-state index contributed by atoms with van der Waals surface area (Å²) in [5.74, 6) is 1.98. The zero-order valence-electron chi connectivity index (χ0n) is 16.3. The fourth-order valence-electron chi connectivity index (χ4n) is 2.75. The van der Waals surface area contributed by atoms with Crippen LogP contribution in [0.25, 0.3) is 11.4 Å². The number of hydrogen-bond donors (Lipinski definition) is 1. The second-order valence-electron chi connectivity index (χ2n) is 5.94. The number of ether oxygens (including phenoxy) is 2. The van der Waals surface area contributed by atoms with E-state index in [9.17, 15) is 4.79 Å². The minimum absolute atomic E-state index is 0.165. The van der Waals surface area contributed by atoms with Crippen molar-refractivity contribution in [2.24, 2.45) is 0 Å². The molecule has 1 amide bonds. The molecule has 0 bridgehead atoms. The van der Waals surface area contributed by atoms with E-state index in [0.29, 0.717) is 39.7 Å². The number of nitrogens with zero attached hydrogens (tertiary/aromatic N) is 3. The second-order valence-corrected chi connectivity index (χ2v) is 7.29. The lowest BCUT2D eigenvalue weighted by molar-refractivity contribution is -0.113. The van der Waals surface area contributed by atoms with Crippen molar-refractivity contribution < 1.29 is 14.3 Å². The van der Waals surface area contributed by atoms with Crippen molar-refractivity contribution in [1.82, 2.24) is 14.8 Å². The van der Waals surface area contributed by atoms with Crippen molar-refractivity contribution in [1.29, 1.82) is 0 Å². The number of carbonyl (C=O) groups is 1. The van der Waals surface area contributed by atoms with Crippen molar-refractivity contribution in [3.05, 3.63) is 47.5 Å². The standard InChI is InChI=1S/C20H21ClN4O3S/c1-4-25-19(13-9-10-16(27-2)17(11-13)28-3)23-24-20(25)29-12-18(26)22-15-8-6-5-7-14(15)21/h5-11H,4,12H2,1-3H3,(H,22,26). The van der Waals surface area contributed by atoms with Crippen LogP contribution in [0.2, 0.25) is 5.02 Å². The lowest BCUT2D eigenvalue weighted by atomic mass is 10.2. The van der Waals surface area contributed by atoms with Crippen LogP contribution in [0.3, 0.4) is 0 Å². The Hall–Kier alpha value is -2.71. The molecule has 152 valence electrons. The highest BCUT2D eigenvalue weighted by Gasteiger charge is 2.16. The maximum atomic E-state index is 12.3. The molecule has 0 unspecified atom stereocenters. The molecule has 0 aliphatic heterocycles. The Labute approximate surface area is 178 Å². The van der Waals surface area contributed by atoms with Crippen LogP contribution >= 0.6 is 23.4 Å². The van der Waals surface area contributed by atoms with Gasteiger partial charge in [-0.25, -0.2) is 0 Å². The number of aromatic nitrogens is 3. The fourth-order valence-corrected chi connectivity index (χ4v) is 3.73. The maximum absolute atomic E-state index is 12.3. The van der Waals surface area contributed by atoms with Crippen molar-refractivity contribution >= 4 is 35.0 Å². The quantitative estimate of drug-likeness (QED) is 0.532. The Kier molecular flexibility index (Phi) is 7.00. The molecular weight excluding hydrogens is 412 g/mol.